The Morgan fingerprint density at radius 2 is 0.595 bits per heavy atom. The average molecular weight is 3020 g/mol. The Labute approximate surface area is 949 Å². The third-order valence-electron chi connectivity index (χ3n) is 28.7. The van der Waals surface area contributed by atoms with Crippen LogP contribution in [0.25, 0.3) is 73.1 Å². The van der Waals surface area contributed by atoms with E-state index < -0.39 is 25.9 Å². The van der Waals surface area contributed by atoms with Gasteiger partial charge in [-0.1, -0.05) is 293 Å². The predicted molar refractivity (Wildman–Crippen MR) is 572 cm³/mol. The largest absolute Gasteiger partial charge is 0.310 e. The number of aromatic nitrogens is 6. The van der Waals surface area contributed by atoms with Crippen molar-refractivity contribution in [1.82, 2.24) is 29.9 Å². The van der Waals surface area contributed by atoms with Gasteiger partial charge in [0.1, 0.15) is 5.78 Å². The number of pyridine rings is 6. The van der Waals surface area contributed by atoms with E-state index in [2.05, 4.69) is 354 Å². The van der Waals surface area contributed by atoms with Crippen LogP contribution < -0.4 is 36.7 Å². The molecule has 6 aromatic heterocycles. The van der Waals surface area contributed by atoms with Gasteiger partial charge in [-0.15, -0.1) is 196 Å². The fourth-order valence-corrected chi connectivity index (χ4v) is 29.2. The summed E-state index contributed by atoms with van der Waals surface area (Å²) in [5.41, 5.74) is 38.9. The van der Waals surface area contributed by atoms with Gasteiger partial charge in [-0.2, -0.15) is 0 Å². The molecule has 0 saturated carbocycles. The molecule has 0 bridgehead atoms. The van der Waals surface area contributed by atoms with Crippen molar-refractivity contribution in [2.24, 2.45) is 4.99 Å². The number of benzene rings is 15. The first-order valence-electron chi connectivity index (χ1n) is 47.6. The van der Waals surface area contributed by atoms with E-state index in [0.717, 1.165) is 128 Å². The maximum absolute atomic E-state index is 15.2. The first-order chi connectivity index (χ1) is 70.2. The maximum Gasteiger partial charge on any atom is 0.171 e. The summed E-state index contributed by atoms with van der Waals surface area (Å²) in [7, 11) is -1.91. The van der Waals surface area contributed by atoms with Crippen LogP contribution in [0, 0.1) is 36.4 Å². The molecule has 0 fully saturated rings. The Balaban J connectivity index is 0.000000114. The van der Waals surface area contributed by atoms with Gasteiger partial charge in [0.2, 0.25) is 0 Å². The van der Waals surface area contributed by atoms with Crippen molar-refractivity contribution < 1.29 is 136 Å². The van der Waals surface area contributed by atoms with Crippen LogP contribution in [-0.2, 0) is 147 Å². The SMILES string of the molecule is CC(C)=C1c2ccc[c-]c2-c2ncccc21.CN=C1c2ccc[c-]c2-c2ncccc21.O=C1c2ccc[c-]c2-c2ncccc21.O=P1(c2ccccc2)c2ccccc2C2(c3ccc[c-]c3-c3ncccc32)c2ccccc21.[Pt].[Pt].[Pt].[Pt].[Pt].[Pt].[c-]1cccc2c1-c1ncccc1C21c2ccccc2N(c2ccccc2)c2ccccc21.[c-]1cccc2c1-c1ncccc1C21c2ccccc2P(c2ccccc2)c2ccccc21. The molecule has 732 valence electrons. The van der Waals surface area contributed by atoms with Crippen LogP contribution in [0.2, 0.25) is 0 Å². The van der Waals surface area contributed by atoms with Crippen LogP contribution in [0.3, 0.4) is 0 Å². The summed E-state index contributed by atoms with van der Waals surface area (Å²) in [5, 5.41) is 6.92. The van der Waals surface area contributed by atoms with Crippen molar-refractivity contribution in [2.45, 2.75) is 30.1 Å². The fourth-order valence-electron chi connectivity index (χ4n) is 23.4. The minimum atomic E-state index is -3.08. The molecule has 6 aliphatic carbocycles. The first kappa shape index (κ1) is 103. The molecule has 3 aliphatic heterocycles. The predicted octanol–water partition coefficient (Wildman–Crippen LogP) is 25.7. The summed E-state index contributed by atoms with van der Waals surface area (Å²) in [6.45, 7) is 4.29. The normalized spacial score (nSPS) is 16.2. The zero-order chi connectivity index (χ0) is 95.2. The van der Waals surface area contributed by atoms with Crippen molar-refractivity contribution in [3.05, 3.63) is 598 Å². The Bertz CT molecular complexity index is 8150. The smallest absolute Gasteiger partial charge is 0.171 e. The third-order valence-corrected chi connectivity index (χ3v) is 34.4. The van der Waals surface area contributed by atoms with Crippen molar-refractivity contribution >= 4 is 81.0 Å². The van der Waals surface area contributed by atoms with Crippen molar-refractivity contribution in [2.75, 3.05) is 11.9 Å². The van der Waals surface area contributed by atoms with E-state index in [1.807, 2.05) is 159 Å². The Kier molecular flexibility index (Phi) is 30.2. The molecule has 0 radical (unpaired) electrons. The van der Waals surface area contributed by atoms with Crippen molar-refractivity contribution in [3.8, 4) is 67.5 Å². The van der Waals surface area contributed by atoms with Gasteiger partial charge in [0.25, 0.3) is 0 Å². The zero-order valence-corrected chi connectivity index (χ0v) is 94.9. The summed E-state index contributed by atoms with van der Waals surface area (Å²) in [6.07, 6.45) is 11.0. The van der Waals surface area contributed by atoms with E-state index >= 15 is 4.57 Å². The zero-order valence-electron chi connectivity index (χ0n) is 79.5. The van der Waals surface area contributed by atoms with Gasteiger partial charge in [0, 0.05) is 214 Å². The molecule has 9 heterocycles. The van der Waals surface area contributed by atoms with E-state index in [4.69, 9.17) is 15.0 Å². The second kappa shape index (κ2) is 43.2. The van der Waals surface area contributed by atoms with Crippen LogP contribution in [0.4, 0.5) is 17.1 Å². The molecule has 9 aliphatic rings. The molecular formula is C130H84N8O2P2Pt6-6. The van der Waals surface area contributed by atoms with Crippen LogP contribution in [0.5, 0.6) is 0 Å². The summed E-state index contributed by atoms with van der Waals surface area (Å²) < 4.78 is 15.2. The summed E-state index contributed by atoms with van der Waals surface area (Å²) in [5.74, 6) is 0.0555. The second-order valence-corrected chi connectivity index (χ2v) is 40.9. The summed E-state index contributed by atoms with van der Waals surface area (Å²) in [6, 6.07) is 165. The molecule has 0 unspecified atom stereocenters. The molecule has 0 N–H and O–H groups in total. The minimum absolute atomic E-state index is 0. The van der Waals surface area contributed by atoms with Gasteiger partial charge in [-0.25, -0.2) is 0 Å². The number of hydrogen-bond donors (Lipinski definition) is 0. The molecule has 148 heavy (non-hydrogen) atoms. The number of aliphatic imine (C=N–C) groups is 1. The number of carbonyl (C=O) groups excluding carboxylic acids is 1. The Hall–Kier alpha value is -13.1. The minimum Gasteiger partial charge on any atom is -0.310 e. The molecule has 18 heteroatoms. The number of para-hydroxylation sites is 3. The number of nitrogens with zero attached hydrogens (tertiary/aromatic N) is 8. The summed E-state index contributed by atoms with van der Waals surface area (Å²) in [4.78, 5) is 46.1. The number of allylic oxidation sites excluding steroid dienone is 1. The van der Waals surface area contributed by atoms with Crippen molar-refractivity contribution in [3.63, 3.8) is 0 Å². The number of ketones is 1. The molecule has 3 spiro atoms. The third kappa shape index (κ3) is 16.3. The molecule has 0 amide bonds. The van der Waals surface area contributed by atoms with Crippen molar-refractivity contribution in [1.29, 1.82) is 0 Å². The fraction of sp³-hybridized carbons (Fsp3) is 0.0462. The number of carbonyl (C=O) groups is 1. The van der Waals surface area contributed by atoms with E-state index in [1.54, 1.807) is 24.4 Å². The molecular weight excluding hydrogens is 2940 g/mol. The quantitative estimate of drug-likeness (QED) is 0.125. The first-order valence-corrected chi connectivity index (χ1v) is 50.7. The topological polar surface area (TPSA) is 127 Å². The second-order valence-electron chi connectivity index (χ2n) is 36.1. The van der Waals surface area contributed by atoms with Gasteiger partial charge in [-0.05, 0) is 183 Å². The van der Waals surface area contributed by atoms with Gasteiger partial charge < -0.3 is 44.2 Å². The van der Waals surface area contributed by atoms with E-state index in [9.17, 15) is 4.79 Å². The van der Waals surface area contributed by atoms with Gasteiger partial charge in [0.05, 0.1) is 11.4 Å². The van der Waals surface area contributed by atoms with E-state index in [1.165, 1.54) is 94.1 Å². The van der Waals surface area contributed by atoms with Crippen LogP contribution >= 0.6 is 15.1 Å². The van der Waals surface area contributed by atoms with E-state index in [0.29, 0.717) is 11.1 Å². The molecule has 15 aromatic carbocycles. The van der Waals surface area contributed by atoms with Gasteiger partial charge >= 0.3 is 0 Å². The Morgan fingerprint density at radius 1 is 0.284 bits per heavy atom. The van der Waals surface area contributed by atoms with Gasteiger partial charge in [0.15, 0.2) is 7.14 Å². The van der Waals surface area contributed by atoms with E-state index in [-0.39, 0.29) is 138 Å². The van der Waals surface area contributed by atoms with Gasteiger partial charge in [-0.3, -0.25) is 4.99 Å². The number of rotatable bonds is 3. The Morgan fingerprint density at radius 3 is 1.06 bits per heavy atom. The number of fused-ring (bicyclic) bond motifs is 36. The summed E-state index contributed by atoms with van der Waals surface area (Å²) >= 11 is 0. The van der Waals surface area contributed by atoms with Crippen LogP contribution in [0.1, 0.15) is 119 Å². The average Bonchev–Trinajstić information content (AvgIpc) is 1.46. The number of anilines is 3. The van der Waals surface area contributed by atoms with Crippen LogP contribution in [0.15, 0.2) is 466 Å². The molecule has 10 nitrogen and oxygen atoms in total. The standard InChI is InChI=1S/C30H19N2.C30H19NOP.C30H19NP.C15H12N.C13H9N2.C12H6NO.6Pt/c1-2-11-21(12-3-1)32-27-18-8-6-15-24(27)30(25-16-7-9-19-28(25)32)23-14-5-4-13-22(23)29-26(30)17-10-20-31-29;32-33(21-11-2-1-3-12-21)27-18-8-6-15-24(27)30(25-16-7-9-19-28(25)33)23-14-5-4-13-22(23)29-26(30)17-10-20-31-29;1-2-11-21(12-3-1)32-27-18-8-6-15-24(27)30(25-16-7-9-19-28(25)32)23-14-5-4-13-22(23)29-26(30)17-10-20-31-29;1-10(2)14-11-6-3-4-7-12(11)15-13(14)8-5-9-16-15;1-14-12-9-5-2-3-6-10(9)13-11(12)7-4-8-15-13;14-12-9-5-2-1-4-8(9)11-10(12)6-3-7-13-11;;;;;;/h1-12,14-20H;1-12,14-20H;1-12,14-20H;3-6,8-9H,1-2H3;2-5,7-8H,1H3;1-3,5-7H;;;;;;/q6*-1;;;;;;. The molecule has 0 saturated heterocycles. The molecule has 30 rings (SSSR count). The monoisotopic (exact) mass is 3020 g/mol. The van der Waals surface area contributed by atoms with Crippen LogP contribution in [-0.4, -0.2) is 48.4 Å². The molecule has 0 atom stereocenters. The molecule has 21 aromatic rings. The number of hydrogen-bond acceptors (Lipinski definition) is 10. The maximum atomic E-state index is 15.2.